The van der Waals surface area contributed by atoms with Crippen LogP contribution in [-0.4, -0.2) is 29.8 Å². The summed E-state index contributed by atoms with van der Waals surface area (Å²) in [4.78, 5) is 22.4. The number of carboxylic acids is 1. The first-order valence-electron chi connectivity index (χ1n) is 6.79. The fourth-order valence-electron chi connectivity index (χ4n) is 1.76. The lowest BCUT2D eigenvalue weighted by atomic mass is 10.2. The highest BCUT2D eigenvalue weighted by Gasteiger charge is 2.11. The van der Waals surface area contributed by atoms with Gasteiger partial charge in [-0.1, -0.05) is 34.8 Å². The van der Waals surface area contributed by atoms with Crippen molar-refractivity contribution < 1.29 is 19.4 Å². The van der Waals surface area contributed by atoms with E-state index in [0.717, 1.165) is 0 Å². The molecular formula is C16H11Cl3N2O4. The molecule has 0 bridgehead atoms. The molecular weight excluding hydrogens is 391 g/mol. The Morgan fingerprint density at radius 3 is 2.28 bits per heavy atom. The van der Waals surface area contributed by atoms with Gasteiger partial charge in [0.1, 0.15) is 0 Å². The van der Waals surface area contributed by atoms with Crippen LogP contribution >= 0.6 is 34.8 Å². The first kappa shape index (κ1) is 19.1. The highest BCUT2D eigenvalue weighted by molar-refractivity contribution is 6.37. The molecule has 0 aliphatic carbocycles. The number of carboxylic acid groups (broad SMARTS) is 1. The van der Waals surface area contributed by atoms with Gasteiger partial charge < -0.3 is 9.84 Å². The Bertz CT molecular complexity index is 800. The first-order valence-corrected chi connectivity index (χ1v) is 7.93. The number of halogens is 3. The maximum absolute atomic E-state index is 11.9. The van der Waals surface area contributed by atoms with Crippen LogP contribution in [0.1, 0.15) is 15.9 Å². The van der Waals surface area contributed by atoms with Crippen molar-refractivity contribution in [2.75, 3.05) is 6.61 Å². The van der Waals surface area contributed by atoms with Crippen molar-refractivity contribution in [1.82, 2.24) is 5.43 Å². The van der Waals surface area contributed by atoms with Gasteiger partial charge in [-0.2, -0.15) is 5.10 Å². The summed E-state index contributed by atoms with van der Waals surface area (Å²) in [6.45, 7) is -0.565. The number of ether oxygens (including phenoxy) is 1. The lowest BCUT2D eigenvalue weighted by Gasteiger charge is -2.08. The lowest BCUT2D eigenvalue weighted by Crippen LogP contribution is -2.17. The van der Waals surface area contributed by atoms with E-state index in [-0.39, 0.29) is 15.8 Å². The van der Waals surface area contributed by atoms with E-state index in [2.05, 4.69) is 10.5 Å². The van der Waals surface area contributed by atoms with Crippen LogP contribution in [0, 0.1) is 0 Å². The van der Waals surface area contributed by atoms with Crippen LogP contribution in [-0.2, 0) is 4.79 Å². The first-order chi connectivity index (χ1) is 11.9. The van der Waals surface area contributed by atoms with Crippen molar-refractivity contribution >= 4 is 52.9 Å². The average Bonchev–Trinajstić information content (AvgIpc) is 2.54. The third kappa shape index (κ3) is 5.63. The Hall–Kier alpha value is -2.28. The van der Waals surface area contributed by atoms with Gasteiger partial charge in [0, 0.05) is 10.6 Å². The number of amides is 1. The molecule has 9 heteroatoms. The van der Waals surface area contributed by atoms with Crippen LogP contribution in [0.4, 0.5) is 0 Å². The summed E-state index contributed by atoms with van der Waals surface area (Å²) < 4.78 is 5.01. The van der Waals surface area contributed by atoms with Crippen molar-refractivity contribution in [3.8, 4) is 5.75 Å². The van der Waals surface area contributed by atoms with Crippen LogP contribution in [0.3, 0.4) is 0 Å². The van der Waals surface area contributed by atoms with Crippen LogP contribution in [0.25, 0.3) is 0 Å². The van der Waals surface area contributed by atoms with E-state index in [4.69, 9.17) is 44.6 Å². The van der Waals surface area contributed by atoms with E-state index >= 15 is 0 Å². The number of hydrazone groups is 1. The number of benzene rings is 2. The second-order valence-corrected chi connectivity index (χ2v) is 5.95. The molecule has 0 heterocycles. The molecule has 0 atom stereocenters. The predicted molar refractivity (Wildman–Crippen MR) is 96.1 cm³/mol. The van der Waals surface area contributed by atoms with Gasteiger partial charge in [0.25, 0.3) is 5.91 Å². The molecule has 2 rings (SSSR count). The van der Waals surface area contributed by atoms with E-state index in [0.29, 0.717) is 16.1 Å². The molecule has 2 aromatic rings. The van der Waals surface area contributed by atoms with Gasteiger partial charge >= 0.3 is 5.97 Å². The second-order valence-electron chi connectivity index (χ2n) is 4.70. The van der Waals surface area contributed by atoms with Crippen molar-refractivity contribution in [3.05, 3.63) is 62.6 Å². The van der Waals surface area contributed by atoms with E-state index in [1.165, 1.54) is 18.3 Å². The van der Waals surface area contributed by atoms with Gasteiger partial charge in [-0.05, 0) is 42.0 Å². The molecule has 0 saturated carbocycles. The molecule has 0 aliphatic rings. The number of hydrogen-bond acceptors (Lipinski definition) is 4. The minimum atomic E-state index is -1.15. The minimum absolute atomic E-state index is 0.0630. The summed E-state index contributed by atoms with van der Waals surface area (Å²) in [7, 11) is 0. The SMILES string of the molecule is O=C(O)COc1c(Cl)cc(/C=N\NC(=O)c2ccc(Cl)cc2)cc1Cl. The van der Waals surface area contributed by atoms with E-state index in [1.807, 2.05) is 0 Å². The lowest BCUT2D eigenvalue weighted by molar-refractivity contribution is -0.139. The van der Waals surface area contributed by atoms with Crippen molar-refractivity contribution in [2.24, 2.45) is 5.10 Å². The molecule has 0 saturated heterocycles. The van der Waals surface area contributed by atoms with Gasteiger partial charge in [-0.3, -0.25) is 4.79 Å². The molecule has 130 valence electrons. The molecule has 25 heavy (non-hydrogen) atoms. The summed E-state index contributed by atoms with van der Waals surface area (Å²) in [5.41, 5.74) is 3.25. The molecule has 0 aliphatic heterocycles. The smallest absolute Gasteiger partial charge is 0.341 e. The van der Waals surface area contributed by atoms with E-state index in [1.54, 1.807) is 24.3 Å². The molecule has 2 aromatic carbocycles. The zero-order chi connectivity index (χ0) is 18.4. The minimum Gasteiger partial charge on any atom is -0.479 e. The molecule has 0 aromatic heterocycles. The molecule has 0 fully saturated rings. The molecule has 6 nitrogen and oxygen atoms in total. The van der Waals surface area contributed by atoms with Gasteiger partial charge in [-0.25, -0.2) is 10.2 Å². The highest BCUT2D eigenvalue weighted by atomic mass is 35.5. The Labute approximate surface area is 158 Å². The number of hydrogen-bond donors (Lipinski definition) is 2. The number of rotatable bonds is 6. The monoisotopic (exact) mass is 400 g/mol. The van der Waals surface area contributed by atoms with Crippen LogP contribution < -0.4 is 10.2 Å². The summed E-state index contributed by atoms with van der Waals surface area (Å²) in [5, 5.41) is 13.2. The summed E-state index contributed by atoms with van der Waals surface area (Å²) >= 11 is 17.8. The zero-order valence-corrected chi connectivity index (χ0v) is 14.8. The van der Waals surface area contributed by atoms with Crippen LogP contribution in [0.5, 0.6) is 5.75 Å². The molecule has 0 unspecified atom stereocenters. The normalized spacial score (nSPS) is 10.7. The largest absolute Gasteiger partial charge is 0.479 e. The summed E-state index contributed by atoms with van der Waals surface area (Å²) in [6.07, 6.45) is 1.34. The number of aliphatic carboxylic acids is 1. The fraction of sp³-hybridized carbons (Fsp3) is 0.0625. The van der Waals surface area contributed by atoms with Crippen molar-refractivity contribution in [3.63, 3.8) is 0 Å². The maximum atomic E-state index is 11.9. The van der Waals surface area contributed by atoms with Gasteiger partial charge in [0.2, 0.25) is 0 Å². The zero-order valence-electron chi connectivity index (χ0n) is 12.5. The standard InChI is InChI=1S/C16H11Cl3N2O4/c17-11-3-1-10(2-4-11)16(24)21-20-7-9-5-12(18)15(13(19)6-9)25-8-14(22)23/h1-7H,8H2,(H,21,24)(H,22,23)/b20-7-. The Kier molecular flexibility index (Phi) is 6.64. The topological polar surface area (TPSA) is 88.0 Å². The molecule has 0 spiro atoms. The number of carbonyl (C=O) groups excluding carboxylic acids is 1. The Morgan fingerprint density at radius 2 is 1.72 bits per heavy atom. The molecule has 2 N–H and O–H groups in total. The number of nitrogens with zero attached hydrogens (tertiary/aromatic N) is 1. The van der Waals surface area contributed by atoms with Crippen molar-refractivity contribution in [1.29, 1.82) is 0 Å². The van der Waals surface area contributed by atoms with Gasteiger partial charge in [0.05, 0.1) is 16.3 Å². The van der Waals surface area contributed by atoms with Crippen LogP contribution in [0.2, 0.25) is 15.1 Å². The molecule has 0 radical (unpaired) electrons. The van der Waals surface area contributed by atoms with Crippen molar-refractivity contribution in [2.45, 2.75) is 0 Å². The van der Waals surface area contributed by atoms with E-state index < -0.39 is 18.5 Å². The van der Waals surface area contributed by atoms with Gasteiger partial charge in [0.15, 0.2) is 12.4 Å². The average molecular weight is 402 g/mol. The Balaban J connectivity index is 2.04. The third-order valence-electron chi connectivity index (χ3n) is 2.85. The number of nitrogens with one attached hydrogen (secondary N) is 1. The highest BCUT2D eigenvalue weighted by Crippen LogP contribution is 2.33. The third-order valence-corrected chi connectivity index (χ3v) is 3.66. The quantitative estimate of drug-likeness (QED) is 0.568. The summed E-state index contributed by atoms with van der Waals surface area (Å²) in [6, 6.07) is 9.27. The predicted octanol–water partition coefficient (Wildman–Crippen LogP) is 3.87. The van der Waals surface area contributed by atoms with Gasteiger partial charge in [-0.15, -0.1) is 0 Å². The maximum Gasteiger partial charge on any atom is 0.341 e. The van der Waals surface area contributed by atoms with Crippen LogP contribution in [0.15, 0.2) is 41.5 Å². The molecule has 1 amide bonds. The summed E-state index contributed by atoms with van der Waals surface area (Å²) in [5.74, 6) is -1.50. The number of carbonyl (C=O) groups is 2. The second kappa shape index (κ2) is 8.71. The Morgan fingerprint density at radius 1 is 1.12 bits per heavy atom. The fourth-order valence-corrected chi connectivity index (χ4v) is 2.50. The van der Waals surface area contributed by atoms with E-state index in [9.17, 15) is 9.59 Å².